The molecule has 0 N–H and O–H groups in total. The largest absolute Gasteiger partial charge is 2.00 e. The van der Waals surface area contributed by atoms with Crippen molar-refractivity contribution >= 4 is 54.9 Å². The summed E-state index contributed by atoms with van der Waals surface area (Å²) in [6, 6.07) is 64.7. The summed E-state index contributed by atoms with van der Waals surface area (Å²) in [5.41, 5.74) is 0. The summed E-state index contributed by atoms with van der Waals surface area (Å²) in [7, 11) is -6.89. The average molecular weight is 846 g/mol. The summed E-state index contributed by atoms with van der Waals surface area (Å²) >= 11 is 0. The van der Waals surface area contributed by atoms with Gasteiger partial charge in [-0.1, -0.05) is 189 Å². The summed E-state index contributed by atoms with van der Waals surface area (Å²) in [5, 5.41) is 8.39. The van der Waals surface area contributed by atoms with E-state index < -0.39 is 23.1 Å². The van der Waals surface area contributed by atoms with Gasteiger partial charge < -0.3 is 17.3 Å². The van der Waals surface area contributed by atoms with Gasteiger partial charge in [-0.05, 0) is 60.7 Å². The van der Waals surface area contributed by atoms with Crippen molar-refractivity contribution in [2.75, 3.05) is 0 Å². The fraction of sp³-hybridized carbons (Fsp3) is 0. The van der Waals surface area contributed by atoms with E-state index in [1.165, 1.54) is 31.8 Å². The molecule has 0 spiro atoms. The number of hydrogen-bond acceptors (Lipinski definition) is 0. The molecular weight excluding hydrogens is 812 g/mol. The fourth-order valence-corrected chi connectivity index (χ4v) is 8.97. The van der Waals surface area contributed by atoms with Crippen molar-refractivity contribution in [3.63, 3.8) is 0 Å². The van der Waals surface area contributed by atoms with Crippen LogP contribution < -0.4 is 31.8 Å². The quantitative estimate of drug-likeness (QED) is 0.0895. The molecule has 239 valence electrons. The SMILES string of the molecule is F[B-](F)(F)F.[CH]=[C][CH2].[Pt+2].c1ccc(P(c2ccccc2)c2ccccc2)cc1.c1ccc(P(c2ccccc2)c2ccccc2)cc1. The molecule has 0 aliphatic carbocycles. The molecule has 0 fully saturated rings. The summed E-state index contributed by atoms with van der Waals surface area (Å²) < 4.78 is 39.0. The van der Waals surface area contributed by atoms with Crippen molar-refractivity contribution < 1.29 is 38.3 Å². The van der Waals surface area contributed by atoms with Gasteiger partial charge in [-0.3, -0.25) is 0 Å². The molecule has 0 heterocycles. The van der Waals surface area contributed by atoms with Gasteiger partial charge in [-0.15, -0.1) is 0 Å². The van der Waals surface area contributed by atoms with Gasteiger partial charge in [0.25, 0.3) is 0 Å². The molecule has 0 aliphatic heterocycles. The summed E-state index contributed by atoms with van der Waals surface area (Å²) in [6.07, 6.45) is 2.00. The second-order valence-electron chi connectivity index (χ2n) is 9.38. The molecule has 0 atom stereocenters. The van der Waals surface area contributed by atoms with Crippen LogP contribution in [0.3, 0.4) is 0 Å². The van der Waals surface area contributed by atoms with E-state index in [1.54, 1.807) is 0 Å². The standard InChI is InChI=1S/2C18H15P.C3H3.BF4.Pt/c2*1-4-10-16(11-5-1)19(17-12-6-2-7-13-17)18-14-8-3-9-15-18;1-3-2;2-1(3,4)5;/h2*1-15H;1H,2H2;;/q;;;-1;+2. The average Bonchev–Trinajstić information content (AvgIpc) is 3.08. The first-order valence-electron chi connectivity index (χ1n) is 14.3. The Morgan fingerprint density at radius 1 is 0.383 bits per heavy atom. The maximum atomic E-state index is 9.75. The molecule has 0 amide bonds. The topological polar surface area (TPSA) is 0 Å². The Hall–Kier alpha value is -3.61. The molecule has 47 heavy (non-hydrogen) atoms. The summed E-state index contributed by atoms with van der Waals surface area (Å²) in [6.45, 7) is 7.50. The number of allylic oxidation sites excluding steroid dienone is 1. The second-order valence-corrected chi connectivity index (χ2v) is 13.8. The van der Waals surface area contributed by atoms with Crippen molar-refractivity contribution in [1.82, 2.24) is 0 Å². The third-order valence-corrected chi connectivity index (χ3v) is 11.0. The molecule has 6 rings (SSSR count). The Bertz CT molecular complexity index is 1330. The fourth-order valence-electron chi connectivity index (χ4n) is 4.36. The van der Waals surface area contributed by atoms with Gasteiger partial charge in [0.2, 0.25) is 0 Å². The summed E-state index contributed by atoms with van der Waals surface area (Å²) in [5.74, 6) is 0. The van der Waals surface area contributed by atoms with Crippen molar-refractivity contribution in [3.8, 4) is 0 Å². The minimum absolute atomic E-state index is 0. The molecule has 0 unspecified atom stereocenters. The molecule has 8 heteroatoms. The normalized spacial score (nSPS) is 10.1. The molecule has 0 saturated heterocycles. The van der Waals surface area contributed by atoms with Crippen LogP contribution in [0.25, 0.3) is 0 Å². The third kappa shape index (κ3) is 14.8. The van der Waals surface area contributed by atoms with Gasteiger partial charge in [0, 0.05) is 0 Å². The molecule has 0 nitrogen and oxygen atoms in total. The minimum Gasteiger partial charge on any atom is -0.418 e. The second kappa shape index (κ2) is 22.1. The molecule has 0 saturated carbocycles. The molecule has 0 aromatic heterocycles. The zero-order valence-corrected chi connectivity index (χ0v) is 29.5. The van der Waals surface area contributed by atoms with E-state index in [9.17, 15) is 17.3 Å². The van der Waals surface area contributed by atoms with Gasteiger partial charge in [0.1, 0.15) is 0 Å². The Labute approximate surface area is 293 Å². The van der Waals surface area contributed by atoms with Crippen LogP contribution in [0.15, 0.2) is 182 Å². The Morgan fingerprint density at radius 2 is 0.489 bits per heavy atom. The van der Waals surface area contributed by atoms with Gasteiger partial charge in [0.05, 0.1) is 0 Å². The first-order chi connectivity index (χ1) is 22.3. The smallest absolute Gasteiger partial charge is 0.418 e. The predicted molar refractivity (Wildman–Crippen MR) is 193 cm³/mol. The number of rotatable bonds is 6. The molecule has 6 aromatic carbocycles. The Morgan fingerprint density at radius 3 is 0.596 bits per heavy atom. The van der Waals surface area contributed by atoms with Crippen LogP contribution in [-0.2, 0) is 21.1 Å². The van der Waals surface area contributed by atoms with Gasteiger partial charge in [-0.25, -0.2) is 0 Å². The van der Waals surface area contributed by atoms with E-state index in [1.807, 2.05) is 6.08 Å². The third-order valence-electron chi connectivity index (χ3n) is 6.09. The van der Waals surface area contributed by atoms with Crippen molar-refractivity contribution in [2.45, 2.75) is 0 Å². The predicted octanol–water partition coefficient (Wildman–Crippen LogP) is 8.80. The van der Waals surface area contributed by atoms with Gasteiger partial charge in [0.15, 0.2) is 0 Å². The van der Waals surface area contributed by atoms with Crippen molar-refractivity contribution in [1.29, 1.82) is 0 Å². The maximum Gasteiger partial charge on any atom is 2.00 e. The van der Waals surface area contributed by atoms with E-state index in [0.29, 0.717) is 0 Å². The molecular formula is C39H33BF4P2Pt+. The molecule has 3 radical (unpaired) electrons. The van der Waals surface area contributed by atoms with E-state index in [-0.39, 0.29) is 21.1 Å². The van der Waals surface area contributed by atoms with Crippen molar-refractivity contribution in [2.24, 2.45) is 0 Å². The maximum absolute atomic E-state index is 9.75. The van der Waals surface area contributed by atoms with Crippen molar-refractivity contribution in [3.05, 3.63) is 202 Å². The monoisotopic (exact) mass is 845 g/mol. The molecule has 0 aliphatic rings. The van der Waals surface area contributed by atoms with E-state index in [2.05, 4.69) is 195 Å². The van der Waals surface area contributed by atoms with Crippen LogP contribution in [0.1, 0.15) is 0 Å². The van der Waals surface area contributed by atoms with Crippen LogP contribution in [0, 0.1) is 19.6 Å². The van der Waals surface area contributed by atoms with Crippen LogP contribution in [0.2, 0.25) is 0 Å². The first kappa shape index (κ1) is 39.6. The van der Waals surface area contributed by atoms with Crippen LogP contribution >= 0.6 is 15.8 Å². The minimum atomic E-state index is -6.00. The number of benzene rings is 6. The van der Waals surface area contributed by atoms with E-state index >= 15 is 0 Å². The van der Waals surface area contributed by atoms with E-state index in [4.69, 9.17) is 0 Å². The number of hydrogen-bond donors (Lipinski definition) is 0. The Kier molecular flexibility index (Phi) is 18.6. The number of halogens is 4. The first-order valence-corrected chi connectivity index (χ1v) is 17.0. The summed E-state index contributed by atoms with van der Waals surface area (Å²) in [4.78, 5) is 0. The molecule has 6 aromatic rings. The van der Waals surface area contributed by atoms with Gasteiger partial charge in [-0.2, -0.15) is 0 Å². The van der Waals surface area contributed by atoms with Crippen LogP contribution in [0.4, 0.5) is 17.3 Å². The molecule has 0 bridgehead atoms. The van der Waals surface area contributed by atoms with Crippen LogP contribution in [-0.4, -0.2) is 7.25 Å². The van der Waals surface area contributed by atoms with Gasteiger partial charge >= 0.3 is 28.3 Å². The Balaban J connectivity index is 0.000000263. The van der Waals surface area contributed by atoms with E-state index in [0.717, 1.165) is 0 Å². The zero-order valence-electron chi connectivity index (χ0n) is 25.4. The zero-order chi connectivity index (χ0) is 33.0. The van der Waals surface area contributed by atoms with Crippen LogP contribution in [0.5, 0.6) is 0 Å².